The van der Waals surface area contributed by atoms with E-state index in [4.69, 9.17) is 9.47 Å². The predicted molar refractivity (Wildman–Crippen MR) is 161 cm³/mol. The van der Waals surface area contributed by atoms with E-state index in [2.05, 4.69) is 41.8 Å². The van der Waals surface area contributed by atoms with Crippen molar-refractivity contribution < 1.29 is 19.1 Å². The smallest absolute Gasteiger partial charge is 0.344 e. The second-order valence-corrected chi connectivity index (χ2v) is 10.7. The van der Waals surface area contributed by atoms with Crippen LogP contribution in [0.15, 0.2) is 118 Å². The van der Waals surface area contributed by atoms with Crippen LogP contribution in [0.5, 0.6) is 11.5 Å². The second-order valence-electron chi connectivity index (χ2n) is 8.82. The summed E-state index contributed by atoms with van der Waals surface area (Å²) in [7, 11) is 0. The molecule has 0 spiro atoms. The molecule has 6 rings (SSSR count). The fourth-order valence-corrected chi connectivity index (χ4v) is 5.26. The minimum Gasteiger partial charge on any atom is -0.423 e. The summed E-state index contributed by atoms with van der Waals surface area (Å²) in [6.07, 6.45) is 3.14. The molecule has 0 N–H and O–H groups in total. The minimum absolute atomic E-state index is 0.263. The summed E-state index contributed by atoms with van der Waals surface area (Å²) < 4.78 is 13.2. The molecule has 4 aromatic carbocycles. The molecule has 2 heterocycles. The second kappa shape index (κ2) is 11.0. The Morgan fingerprint density at radius 2 is 0.975 bits per heavy atom. The maximum Gasteiger partial charge on any atom is 0.344 e. The van der Waals surface area contributed by atoms with E-state index >= 15 is 0 Å². The zero-order valence-corrected chi connectivity index (χ0v) is 23.8. The van der Waals surface area contributed by atoms with E-state index in [0.29, 0.717) is 44.4 Å². The van der Waals surface area contributed by atoms with Crippen molar-refractivity contribution >= 4 is 65.6 Å². The minimum atomic E-state index is -0.592. The van der Waals surface area contributed by atoms with Gasteiger partial charge in [-0.15, -0.1) is 0 Å². The number of fused-ring (bicyclic) bond motifs is 2. The van der Waals surface area contributed by atoms with Crippen molar-refractivity contribution in [3.63, 3.8) is 0 Å². The normalized spacial score (nSPS) is 10.9. The van der Waals surface area contributed by atoms with Gasteiger partial charge in [-0.3, -0.25) is 9.97 Å². The molecule has 0 aliphatic rings. The highest BCUT2D eigenvalue weighted by molar-refractivity contribution is 9.10. The molecule has 8 heteroatoms. The lowest BCUT2D eigenvalue weighted by molar-refractivity contribution is 0.0725. The number of carbonyl (C=O) groups excluding carboxylic acids is 2. The fraction of sp³-hybridized carbons (Fsp3) is 0. The van der Waals surface area contributed by atoms with Gasteiger partial charge in [0.1, 0.15) is 11.5 Å². The Kier molecular flexibility index (Phi) is 7.11. The number of esters is 2. The topological polar surface area (TPSA) is 78.4 Å². The van der Waals surface area contributed by atoms with Crippen molar-refractivity contribution in [1.82, 2.24) is 9.97 Å². The van der Waals surface area contributed by atoms with Crippen LogP contribution in [0.3, 0.4) is 0 Å². The molecule has 0 aliphatic heterocycles. The monoisotopic (exact) mass is 652 g/mol. The van der Waals surface area contributed by atoms with Crippen LogP contribution in [0.4, 0.5) is 0 Å². The van der Waals surface area contributed by atoms with Gasteiger partial charge in [-0.05, 0) is 48.5 Å². The Labute approximate surface area is 245 Å². The average Bonchev–Trinajstić information content (AvgIpc) is 2.96. The summed E-state index contributed by atoms with van der Waals surface area (Å²) in [6, 6.07) is 28.6. The van der Waals surface area contributed by atoms with Gasteiger partial charge >= 0.3 is 11.9 Å². The number of pyridine rings is 2. The molecule has 6 nitrogen and oxygen atoms in total. The molecule has 0 saturated carbocycles. The first-order valence-corrected chi connectivity index (χ1v) is 13.8. The van der Waals surface area contributed by atoms with Crippen LogP contribution in [0.2, 0.25) is 0 Å². The molecule has 0 bridgehead atoms. The number of aromatic nitrogens is 2. The van der Waals surface area contributed by atoms with Crippen LogP contribution in [-0.4, -0.2) is 21.9 Å². The highest BCUT2D eigenvalue weighted by atomic mass is 79.9. The lowest BCUT2D eigenvalue weighted by Crippen LogP contribution is -2.15. The van der Waals surface area contributed by atoms with Gasteiger partial charge in [0.25, 0.3) is 0 Å². The molecule has 2 aromatic heterocycles. The average molecular weight is 654 g/mol. The SMILES string of the molecule is O=C(Oc1cccc(Br)c1)c1c(-c2cnc3ccccc3c2C(=O)Oc2cccc(Br)c2)cnc2ccccc12. The number of halogens is 2. The molecule has 0 saturated heterocycles. The number of hydrogen-bond acceptors (Lipinski definition) is 6. The van der Waals surface area contributed by atoms with E-state index in [1.807, 2.05) is 48.5 Å². The Hall–Kier alpha value is -4.40. The molecule has 40 heavy (non-hydrogen) atoms. The van der Waals surface area contributed by atoms with Gasteiger partial charge in [-0.2, -0.15) is 0 Å². The molecule has 194 valence electrons. The number of nitrogens with zero attached hydrogens (tertiary/aromatic N) is 2. The molecular formula is C32H18Br2N2O4. The van der Waals surface area contributed by atoms with Crippen LogP contribution in [0, 0.1) is 0 Å². The number of benzene rings is 4. The van der Waals surface area contributed by atoms with Gasteiger partial charge in [-0.25, -0.2) is 9.59 Å². The third-order valence-corrected chi connectivity index (χ3v) is 7.25. The summed E-state index contributed by atoms with van der Waals surface area (Å²) in [5.74, 6) is -0.438. The number of carbonyl (C=O) groups is 2. The van der Waals surface area contributed by atoms with Crippen molar-refractivity contribution in [1.29, 1.82) is 0 Å². The van der Waals surface area contributed by atoms with Crippen molar-refractivity contribution in [2.45, 2.75) is 0 Å². The molecule has 0 fully saturated rings. The molecular weight excluding hydrogens is 636 g/mol. The number of para-hydroxylation sites is 2. The van der Waals surface area contributed by atoms with E-state index in [1.165, 1.54) is 0 Å². The van der Waals surface area contributed by atoms with Crippen molar-refractivity contribution in [3.8, 4) is 22.6 Å². The summed E-state index contributed by atoms with van der Waals surface area (Å²) in [5.41, 5.74) is 2.55. The van der Waals surface area contributed by atoms with E-state index in [1.54, 1.807) is 60.9 Å². The maximum absolute atomic E-state index is 13.8. The van der Waals surface area contributed by atoms with Gasteiger partial charge in [-0.1, -0.05) is 80.4 Å². The molecule has 6 aromatic rings. The molecule has 0 unspecified atom stereocenters. The zero-order chi connectivity index (χ0) is 27.6. The third-order valence-electron chi connectivity index (χ3n) is 6.26. The van der Waals surface area contributed by atoms with Gasteiger partial charge in [0.15, 0.2) is 0 Å². The molecule has 0 aliphatic carbocycles. The fourth-order valence-electron chi connectivity index (χ4n) is 4.51. The first-order chi connectivity index (χ1) is 19.5. The number of ether oxygens (including phenoxy) is 2. The summed E-state index contributed by atoms with van der Waals surface area (Å²) in [5, 5.41) is 1.17. The first-order valence-electron chi connectivity index (χ1n) is 12.2. The molecule has 0 amide bonds. The van der Waals surface area contributed by atoms with Crippen LogP contribution >= 0.6 is 31.9 Å². The Morgan fingerprint density at radius 1 is 0.550 bits per heavy atom. The standard InChI is InChI=1S/C32H18Br2N2O4/c33-19-7-5-9-21(15-19)39-31(37)29-23-11-1-3-13-27(23)35-17-25(29)26-18-36-28-14-4-2-12-24(28)30(26)32(38)40-22-10-6-8-20(34)16-22/h1-18H. The quantitative estimate of drug-likeness (QED) is 0.137. The van der Waals surface area contributed by atoms with Gasteiger partial charge in [0.05, 0.1) is 22.2 Å². The zero-order valence-electron chi connectivity index (χ0n) is 20.7. The van der Waals surface area contributed by atoms with E-state index in [0.717, 1.165) is 8.95 Å². The Balaban J connectivity index is 1.56. The van der Waals surface area contributed by atoms with Crippen LogP contribution in [0.25, 0.3) is 32.9 Å². The van der Waals surface area contributed by atoms with Crippen LogP contribution in [0.1, 0.15) is 20.7 Å². The maximum atomic E-state index is 13.8. The summed E-state index contributed by atoms with van der Waals surface area (Å²) in [4.78, 5) is 36.8. The lowest BCUT2D eigenvalue weighted by Gasteiger charge is -2.16. The van der Waals surface area contributed by atoms with Crippen LogP contribution < -0.4 is 9.47 Å². The summed E-state index contributed by atoms with van der Waals surface area (Å²) in [6.45, 7) is 0. The molecule has 0 radical (unpaired) electrons. The number of rotatable bonds is 5. The lowest BCUT2D eigenvalue weighted by atomic mass is 9.93. The first kappa shape index (κ1) is 25.9. The van der Waals surface area contributed by atoms with Gasteiger partial charge in [0, 0.05) is 43.2 Å². The Bertz CT molecular complexity index is 1800. The summed E-state index contributed by atoms with van der Waals surface area (Å²) >= 11 is 6.83. The van der Waals surface area contributed by atoms with Crippen molar-refractivity contribution in [2.24, 2.45) is 0 Å². The number of hydrogen-bond donors (Lipinski definition) is 0. The Morgan fingerprint density at radius 3 is 1.40 bits per heavy atom. The van der Waals surface area contributed by atoms with E-state index < -0.39 is 11.9 Å². The third kappa shape index (κ3) is 5.11. The van der Waals surface area contributed by atoms with Gasteiger partial charge < -0.3 is 9.47 Å². The van der Waals surface area contributed by atoms with Crippen molar-refractivity contribution in [2.75, 3.05) is 0 Å². The molecule has 0 atom stereocenters. The van der Waals surface area contributed by atoms with Crippen LogP contribution in [-0.2, 0) is 0 Å². The highest BCUT2D eigenvalue weighted by Crippen LogP contribution is 2.35. The largest absolute Gasteiger partial charge is 0.423 e. The predicted octanol–water partition coefficient (Wildman–Crippen LogP) is 8.41. The highest BCUT2D eigenvalue weighted by Gasteiger charge is 2.26. The van der Waals surface area contributed by atoms with Crippen molar-refractivity contribution in [3.05, 3.63) is 130 Å². The van der Waals surface area contributed by atoms with Gasteiger partial charge in [0.2, 0.25) is 0 Å². The van der Waals surface area contributed by atoms with E-state index in [-0.39, 0.29) is 11.1 Å². The van der Waals surface area contributed by atoms with E-state index in [9.17, 15) is 9.59 Å².